The fourth-order valence-electron chi connectivity index (χ4n) is 6.72. The molecule has 1 aromatic carbocycles. The van der Waals surface area contributed by atoms with Gasteiger partial charge in [-0.2, -0.15) is 13.2 Å². The van der Waals surface area contributed by atoms with Crippen molar-refractivity contribution in [3.8, 4) is 11.6 Å². The molecule has 13 heteroatoms. The lowest BCUT2D eigenvalue weighted by molar-refractivity contribution is -0.138. The number of rotatable bonds is 10. The Bertz CT molecular complexity index is 1590. The number of alkyl halides is 3. The molecule has 0 unspecified atom stereocenters. The summed E-state index contributed by atoms with van der Waals surface area (Å²) in [5.41, 5.74) is 3.14. The molecule has 5 rings (SSSR count). The maximum atomic E-state index is 15.1. The number of nitrogens with zero attached hydrogens (tertiary/aromatic N) is 1. The van der Waals surface area contributed by atoms with Crippen molar-refractivity contribution >= 4 is 25.6 Å². The Morgan fingerprint density at radius 3 is 2.28 bits per heavy atom. The summed E-state index contributed by atoms with van der Waals surface area (Å²) < 4.78 is 67.2. The van der Waals surface area contributed by atoms with Gasteiger partial charge >= 0.3 is 6.18 Å². The van der Waals surface area contributed by atoms with Crippen LogP contribution in [0.25, 0.3) is 5.76 Å². The highest BCUT2D eigenvalue weighted by Crippen LogP contribution is 2.58. The van der Waals surface area contributed by atoms with Crippen LogP contribution in [-0.2, 0) is 21.8 Å². The van der Waals surface area contributed by atoms with Crippen molar-refractivity contribution in [3.63, 3.8) is 0 Å². The van der Waals surface area contributed by atoms with E-state index in [0.29, 0.717) is 12.8 Å². The van der Waals surface area contributed by atoms with E-state index in [4.69, 9.17) is 24.2 Å². The van der Waals surface area contributed by atoms with Gasteiger partial charge in [-0.25, -0.2) is 0 Å². The number of nitrogens with two attached hydrogens (primary N) is 1. The Balaban J connectivity index is 1.75. The van der Waals surface area contributed by atoms with Gasteiger partial charge < -0.3 is 29.3 Å². The van der Waals surface area contributed by atoms with Gasteiger partial charge in [-0.1, -0.05) is 47.5 Å². The summed E-state index contributed by atoms with van der Waals surface area (Å²) in [6, 6.07) is 1.06. The molecule has 0 aliphatic heterocycles. The molecule has 0 spiro atoms. The second-order valence-electron chi connectivity index (χ2n) is 14.4. The summed E-state index contributed by atoms with van der Waals surface area (Å²) in [5, 5.41) is 15.4. The molecule has 0 saturated heterocycles. The lowest BCUT2D eigenvalue weighted by atomic mass is 9.57. The third-order valence-electron chi connectivity index (χ3n) is 10.3. The van der Waals surface area contributed by atoms with Crippen molar-refractivity contribution in [2.24, 2.45) is 17.6 Å². The molecule has 0 bridgehead atoms. The van der Waals surface area contributed by atoms with Gasteiger partial charge in [0.1, 0.15) is 17.1 Å². The van der Waals surface area contributed by atoms with Crippen molar-refractivity contribution in [3.05, 3.63) is 45.7 Å². The van der Waals surface area contributed by atoms with Gasteiger partial charge in [0.2, 0.25) is 11.6 Å². The van der Waals surface area contributed by atoms with Crippen LogP contribution < -0.4 is 15.2 Å². The minimum Gasteiger partial charge on any atom is -0.507 e. The van der Waals surface area contributed by atoms with Crippen LogP contribution in [0.4, 0.5) is 13.2 Å². The third kappa shape index (κ3) is 5.71. The van der Waals surface area contributed by atoms with E-state index in [9.17, 15) is 23.1 Å². The molecule has 3 N–H and O–H groups in total. The Kier molecular flexibility index (Phi) is 9.26. The number of carbonyl (C=O) groups excluding carboxylic acids is 2. The van der Waals surface area contributed by atoms with Gasteiger partial charge in [0.05, 0.1) is 30.4 Å². The van der Waals surface area contributed by atoms with Crippen LogP contribution in [0.1, 0.15) is 106 Å². The maximum Gasteiger partial charge on any atom is 0.416 e. The minimum absolute atomic E-state index is 0.0174. The SMILES string of the molecule is CCCCOc1ccc(C(F)(F)F)c2c1C(O)=C1C(=O)[C@]3(O[Si](C)(C)C(C)(C)C)C(=O)c4c(OCCCC)noc4[C@@H](N)[C@@H]3C[C@@H]1C2. The fourth-order valence-corrected chi connectivity index (χ4v) is 8.17. The monoisotopic (exact) mass is 678 g/mol. The number of fused-ring (bicyclic) bond motifs is 4. The molecule has 1 saturated carbocycles. The highest BCUT2D eigenvalue weighted by molar-refractivity contribution is 6.74. The van der Waals surface area contributed by atoms with Crippen molar-refractivity contribution in [1.29, 1.82) is 0 Å². The molecule has 9 nitrogen and oxygen atoms in total. The highest BCUT2D eigenvalue weighted by Gasteiger charge is 2.68. The molecule has 47 heavy (non-hydrogen) atoms. The second-order valence-corrected chi connectivity index (χ2v) is 19.1. The summed E-state index contributed by atoms with van der Waals surface area (Å²) in [7, 11) is -2.96. The first-order valence-corrected chi connectivity index (χ1v) is 19.3. The summed E-state index contributed by atoms with van der Waals surface area (Å²) in [6.45, 7) is 14.1. The molecular formula is C34H45F3N2O7Si. The number of aliphatic hydroxyl groups is 1. The van der Waals surface area contributed by atoms with E-state index in [2.05, 4.69) is 5.16 Å². The summed E-state index contributed by atoms with van der Waals surface area (Å²) >= 11 is 0. The van der Waals surface area contributed by atoms with Crippen molar-refractivity contribution in [1.82, 2.24) is 5.16 Å². The van der Waals surface area contributed by atoms with E-state index in [1.807, 2.05) is 47.7 Å². The number of hydrogen-bond acceptors (Lipinski definition) is 9. The summed E-state index contributed by atoms with van der Waals surface area (Å²) in [4.78, 5) is 30.0. The van der Waals surface area contributed by atoms with Crippen LogP contribution in [-0.4, -0.2) is 49.0 Å². The Morgan fingerprint density at radius 1 is 1.04 bits per heavy atom. The van der Waals surface area contributed by atoms with Crippen LogP contribution in [0.15, 0.2) is 22.2 Å². The van der Waals surface area contributed by atoms with E-state index in [0.717, 1.165) is 18.9 Å². The van der Waals surface area contributed by atoms with Crippen LogP contribution in [0, 0.1) is 11.8 Å². The smallest absolute Gasteiger partial charge is 0.416 e. The molecule has 2 aromatic rings. The fraction of sp³-hybridized carbons (Fsp3) is 0.618. The zero-order valence-corrected chi connectivity index (χ0v) is 29.1. The van der Waals surface area contributed by atoms with E-state index in [1.165, 1.54) is 6.07 Å². The summed E-state index contributed by atoms with van der Waals surface area (Å²) in [5.74, 6) is -4.07. The predicted molar refractivity (Wildman–Crippen MR) is 171 cm³/mol. The van der Waals surface area contributed by atoms with Crippen LogP contribution in [0.3, 0.4) is 0 Å². The molecule has 0 radical (unpaired) electrons. The Labute approximate surface area is 274 Å². The Hall–Kier alpha value is -3.16. The number of ketones is 2. The number of unbranched alkanes of at least 4 members (excludes halogenated alkanes) is 2. The number of aromatic nitrogens is 1. The maximum absolute atomic E-state index is 15.1. The van der Waals surface area contributed by atoms with Gasteiger partial charge in [0.25, 0.3) is 5.88 Å². The topological polar surface area (TPSA) is 134 Å². The first-order valence-electron chi connectivity index (χ1n) is 16.4. The number of carbonyl (C=O) groups is 2. The Morgan fingerprint density at radius 2 is 1.68 bits per heavy atom. The lowest BCUT2D eigenvalue weighted by Crippen LogP contribution is -2.68. The lowest BCUT2D eigenvalue weighted by Gasteiger charge is -2.53. The van der Waals surface area contributed by atoms with Crippen molar-refractivity contribution in [2.45, 2.75) is 109 Å². The average molecular weight is 679 g/mol. The van der Waals surface area contributed by atoms with Gasteiger partial charge in [0.15, 0.2) is 19.7 Å². The predicted octanol–water partition coefficient (Wildman–Crippen LogP) is 7.74. The van der Waals surface area contributed by atoms with E-state index >= 15 is 4.79 Å². The first kappa shape index (κ1) is 35.2. The number of halogens is 3. The largest absolute Gasteiger partial charge is 0.507 e. The molecule has 1 fully saturated rings. The number of ether oxygens (including phenoxy) is 2. The van der Waals surface area contributed by atoms with Gasteiger partial charge in [0, 0.05) is 11.5 Å². The number of hydrogen-bond donors (Lipinski definition) is 2. The zero-order chi connectivity index (χ0) is 34.7. The van der Waals surface area contributed by atoms with Gasteiger partial charge in [-0.05, 0) is 72.6 Å². The van der Waals surface area contributed by atoms with Crippen LogP contribution in [0.5, 0.6) is 11.6 Å². The molecule has 1 heterocycles. The zero-order valence-electron chi connectivity index (χ0n) is 28.1. The minimum atomic E-state index is -4.72. The van der Waals surface area contributed by atoms with Crippen LogP contribution >= 0.6 is 0 Å². The highest BCUT2D eigenvalue weighted by atomic mass is 28.4. The molecule has 258 valence electrons. The molecule has 1 aromatic heterocycles. The summed E-state index contributed by atoms with van der Waals surface area (Å²) in [6.07, 6.45) is -2.04. The average Bonchev–Trinajstić information content (AvgIpc) is 3.40. The van der Waals surface area contributed by atoms with Crippen molar-refractivity contribution in [2.75, 3.05) is 13.2 Å². The van der Waals surface area contributed by atoms with Crippen molar-refractivity contribution < 1.29 is 46.3 Å². The van der Waals surface area contributed by atoms with Crippen LogP contribution in [0.2, 0.25) is 18.1 Å². The first-order chi connectivity index (χ1) is 21.9. The van der Waals surface area contributed by atoms with Gasteiger partial charge in [-0.3, -0.25) is 9.59 Å². The quantitative estimate of drug-likeness (QED) is 0.147. The molecule has 0 amide bonds. The standard InChI is InChI=1S/C34H45F3N2O7Si/c1-8-10-14-43-22-13-12-20(34(35,36)37)19-16-18-17-21-26(38)28-25(31(39-45-28)44-15-11-9-2)30(42)33(21,46-47(6,7)32(3,4)5)29(41)23(18)27(40)24(19)22/h12-13,18,21,26,40H,8-11,14-17,38H2,1-7H3/t18-,21-,26-,33-/m0/s1. The second kappa shape index (κ2) is 12.4. The molecular weight excluding hydrogens is 633 g/mol. The van der Waals surface area contributed by atoms with E-state index in [-0.39, 0.29) is 65.7 Å². The number of benzene rings is 1. The number of aliphatic hydroxyl groups excluding tert-OH is 1. The van der Waals surface area contributed by atoms with E-state index < -0.39 is 65.9 Å². The third-order valence-corrected chi connectivity index (χ3v) is 14.7. The molecule has 3 aliphatic rings. The normalized spacial score (nSPS) is 24.4. The number of Topliss-reactive ketones (excluding diaryl/α,β-unsaturated/α-hetero) is 2. The van der Waals surface area contributed by atoms with E-state index in [1.54, 1.807) is 0 Å². The molecule has 4 atom stereocenters. The molecule has 3 aliphatic carbocycles. The van der Waals surface area contributed by atoms with Gasteiger partial charge in [-0.15, -0.1) is 0 Å².